The van der Waals surface area contributed by atoms with Gasteiger partial charge in [-0.05, 0) is 19.4 Å². The molecule has 0 aliphatic carbocycles. The van der Waals surface area contributed by atoms with Crippen molar-refractivity contribution in [3.8, 4) is 0 Å². The number of unbranched alkanes of at least 4 members (excludes halogenated alkanes) is 1. The number of rotatable bonds is 7. The van der Waals surface area contributed by atoms with E-state index in [9.17, 15) is 0 Å². The SMILES string of the molecule is NCCCCC(CO)COO.[Ir].[Ir]. The van der Waals surface area contributed by atoms with Gasteiger partial charge in [-0.2, -0.15) is 0 Å². The van der Waals surface area contributed by atoms with E-state index in [0.29, 0.717) is 6.54 Å². The van der Waals surface area contributed by atoms with E-state index in [1.165, 1.54) is 0 Å². The van der Waals surface area contributed by atoms with Gasteiger partial charge in [0.15, 0.2) is 0 Å². The van der Waals surface area contributed by atoms with Crippen molar-refractivity contribution in [2.45, 2.75) is 19.3 Å². The van der Waals surface area contributed by atoms with Crippen LogP contribution >= 0.6 is 0 Å². The summed E-state index contributed by atoms with van der Waals surface area (Å²) >= 11 is 0. The second-order valence-electron chi connectivity index (χ2n) is 2.63. The molecule has 0 aromatic heterocycles. The van der Waals surface area contributed by atoms with Gasteiger partial charge in [0.25, 0.3) is 0 Å². The third-order valence-electron chi connectivity index (χ3n) is 1.63. The van der Waals surface area contributed by atoms with Crippen LogP contribution < -0.4 is 5.73 Å². The number of hydrogen-bond acceptors (Lipinski definition) is 4. The van der Waals surface area contributed by atoms with E-state index < -0.39 is 0 Å². The summed E-state index contributed by atoms with van der Waals surface area (Å²) in [7, 11) is 0. The summed E-state index contributed by atoms with van der Waals surface area (Å²) in [6, 6.07) is 0. The van der Waals surface area contributed by atoms with Crippen LogP contribution in [-0.4, -0.2) is 30.1 Å². The Labute approximate surface area is 106 Å². The molecule has 86 valence electrons. The van der Waals surface area contributed by atoms with Crippen LogP contribution in [0.4, 0.5) is 0 Å². The molecule has 0 saturated carbocycles. The van der Waals surface area contributed by atoms with E-state index in [0.717, 1.165) is 19.3 Å². The smallest absolute Gasteiger partial charge is 0.0869 e. The molecule has 6 heteroatoms. The van der Waals surface area contributed by atoms with Gasteiger partial charge in [0.1, 0.15) is 0 Å². The first-order valence-corrected chi connectivity index (χ1v) is 3.92. The Hall–Kier alpha value is 1.14. The molecule has 4 nitrogen and oxygen atoms in total. The molecule has 1 unspecified atom stereocenters. The molecular formula is C7H17Ir2NO3. The maximum Gasteiger partial charge on any atom is 0.0869 e. The molecule has 0 heterocycles. The summed E-state index contributed by atoms with van der Waals surface area (Å²) in [5.74, 6) is 0.0477. The summed E-state index contributed by atoms with van der Waals surface area (Å²) in [5, 5.41) is 16.8. The maximum atomic E-state index is 8.73. The van der Waals surface area contributed by atoms with E-state index in [-0.39, 0.29) is 59.3 Å². The molecular weight excluding hydrogens is 531 g/mol. The van der Waals surface area contributed by atoms with Gasteiger partial charge < -0.3 is 10.8 Å². The molecule has 2 radical (unpaired) electrons. The van der Waals surface area contributed by atoms with Crippen LogP contribution in [0.5, 0.6) is 0 Å². The molecule has 0 aromatic rings. The van der Waals surface area contributed by atoms with Gasteiger partial charge in [-0.25, -0.2) is 4.89 Å². The molecule has 0 saturated heterocycles. The van der Waals surface area contributed by atoms with Crippen LogP contribution in [0.15, 0.2) is 0 Å². The number of nitrogens with two attached hydrogens (primary N) is 1. The van der Waals surface area contributed by atoms with Gasteiger partial charge in [-0.3, -0.25) is 5.26 Å². The zero-order chi connectivity index (χ0) is 8.53. The second kappa shape index (κ2) is 15.6. The van der Waals surface area contributed by atoms with Crippen LogP contribution in [0.2, 0.25) is 0 Å². The van der Waals surface area contributed by atoms with Gasteiger partial charge in [0, 0.05) is 52.7 Å². The molecule has 0 rings (SSSR count). The summed E-state index contributed by atoms with van der Waals surface area (Å²) in [6.45, 7) is 0.949. The Morgan fingerprint density at radius 1 is 1.23 bits per heavy atom. The van der Waals surface area contributed by atoms with Gasteiger partial charge in [-0.15, -0.1) is 0 Å². The van der Waals surface area contributed by atoms with Gasteiger partial charge in [-0.1, -0.05) is 6.42 Å². The largest absolute Gasteiger partial charge is 0.396 e. The van der Waals surface area contributed by atoms with Crippen molar-refractivity contribution in [2.24, 2.45) is 11.7 Å². The number of hydrogen-bond donors (Lipinski definition) is 3. The Morgan fingerprint density at radius 3 is 2.23 bits per heavy atom. The predicted octanol–water partition coefficient (Wildman–Crippen LogP) is 0.209. The van der Waals surface area contributed by atoms with E-state index in [4.69, 9.17) is 16.1 Å². The number of aliphatic hydroxyl groups is 1. The fraction of sp³-hybridized carbons (Fsp3) is 1.00. The molecule has 1 atom stereocenters. The summed E-state index contributed by atoms with van der Waals surface area (Å²) < 4.78 is 0. The van der Waals surface area contributed by atoms with Crippen LogP contribution in [0.25, 0.3) is 0 Å². The standard InChI is InChI=1S/C7H17NO3.2Ir/c8-4-2-1-3-7(5-9)6-11-10;;/h7,9-10H,1-6,8H2;;. The van der Waals surface area contributed by atoms with Gasteiger partial charge in [0.05, 0.1) is 6.61 Å². The Bertz CT molecular complexity index is 88.1. The average molecular weight is 548 g/mol. The molecule has 0 bridgehead atoms. The third kappa shape index (κ3) is 13.1. The molecule has 13 heavy (non-hydrogen) atoms. The van der Waals surface area contributed by atoms with E-state index in [1.54, 1.807) is 0 Å². The van der Waals surface area contributed by atoms with Crippen molar-refractivity contribution in [1.82, 2.24) is 0 Å². The molecule has 0 aliphatic heterocycles. The average Bonchev–Trinajstić information content (AvgIpc) is 2.03. The third-order valence-corrected chi connectivity index (χ3v) is 1.63. The molecule has 4 N–H and O–H groups in total. The number of aliphatic hydroxyl groups excluding tert-OH is 1. The first kappa shape index (κ1) is 19.7. The van der Waals surface area contributed by atoms with E-state index >= 15 is 0 Å². The molecule has 0 aromatic carbocycles. The van der Waals surface area contributed by atoms with Crippen molar-refractivity contribution in [3.05, 3.63) is 0 Å². The first-order chi connectivity index (χ1) is 5.35. The summed E-state index contributed by atoms with van der Waals surface area (Å²) in [5.41, 5.74) is 5.29. The van der Waals surface area contributed by atoms with Crippen molar-refractivity contribution >= 4 is 0 Å². The second-order valence-corrected chi connectivity index (χ2v) is 2.63. The Morgan fingerprint density at radius 2 is 1.85 bits per heavy atom. The van der Waals surface area contributed by atoms with Crippen LogP contribution in [0.1, 0.15) is 19.3 Å². The molecule has 0 aliphatic rings. The van der Waals surface area contributed by atoms with Crippen molar-refractivity contribution < 1.29 is 55.5 Å². The fourth-order valence-corrected chi connectivity index (χ4v) is 0.910. The van der Waals surface area contributed by atoms with Crippen molar-refractivity contribution in [2.75, 3.05) is 19.8 Å². The normalized spacial score (nSPS) is 11.3. The van der Waals surface area contributed by atoms with Crippen LogP contribution in [0, 0.1) is 5.92 Å². The Balaban J connectivity index is -0.000000500. The van der Waals surface area contributed by atoms with E-state index in [1.807, 2.05) is 0 Å². The molecule has 0 fully saturated rings. The van der Waals surface area contributed by atoms with Crippen LogP contribution in [0.3, 0.4) is 0 Å². The maximum absolute atomic E-state index is 8.73. The molecule has 0 amide bonds. The quantitative estimate of drug-likeness (QED) is 0.242. The molecule has 0 spiro atoms. The Kier molecular flexibility index (Phi) is 23.6. The zero-order valence-corrected chi connectivity index (χ0v) is 12.2. The monoisotopic (exact) mass is 549 g/mol. The minimum atomic E-state index is 0. The summed E-state index contributed by atoms with van der Waals surface area (Å²) in [6.07, 6.45) is 2.79. The van der Waals surface area contributed by atoms with E-state index in [2.05, 4.69) is 4.89 Å². The topological polar surface area (TPSA) is 75.7 Å². The first-order valence-electron chi connectivity index (χ1n) is 3.92. The van der Waals surface area contributed by atoms with Gasteiger partial charge >= 0.3 is 0 Å². The van der Waals surface area contributed by atoms with Crippen molar-refractivity contribution in [1.29, 1.82) is 0 Å². The van der Waals surface area contributed by atoms with Crippen LogP contribution in [-0.2, 0) is 45.1 Å². The fourth-order valence-electron chi connectivity index (χ4n) is 0.910. The minimum absolute atomic E-state index is 0. The van der Waals surface area contributed by atoms with Crippen molar-refractivity contribution in [3.63, 3.8) is 0 Å². The summed E-state index contributed by atoms with van der Waals surface area (Å²) in [4.78, 5) is 3.93. The minimum Gasteiger partial charge on any atom is -0.396 e. The van der Waals surface area contributed by atoms with Gasteiger partial charge in [0.2, 0.25) is 0 Å². The predicted molar refractivity (Wildman–Crippen MR) is 42.1 cm³/mol. The zero-order valence-electron chi connectivity index (χ0n) is 7.37.